The summed E-state index contributed by atoms with van der Waals surface area (Å²) >= 11 is 1.74. The first-order chi connectivity index (χ1) is 12.3. The Morgan fingerprint density at radius 1 is 1.44 bits per heavy atom. The van der Waals surface area contributed by atoms with Crippen LogP contribution < -0.4 is 5.32 Å². The highest BCUT2D eigenvalue weighted by Crippen LogP contribution is 2.42. The Kier molecular flexibility index (Phi) is 4.83. The summed E-state index contributed by atoms with van der Waals surface area (Å²) in [6, 6.07) is 8.21. The number of aromatic nitrogens is 1. The lowest BCUT2D eigenvalue weighted by Crippen LogP contribution is -2.47. The van der Waals surface area contributed by atoms with E-state index < -0.39 is 5.41 Å². The van der Waals surface area contributed by atoms with Crippen molar-refractivity contribution in [3.05, 3.63) is 52.5 Å². The van der Waals surface area contributed by atoms with Crippen molar-refractivity contribution in [2.24, 2.45) is 11.3 Å². The minimum absolute atomic E-state index is 0.153. The molecule has 2 aliphatic rings. The van der Waals surface area contributed by atoms with Gasteiger partial charge in [0.05, 0.1) is 18.6 Å². The van der Waals surface area contributed by atoms with Crippen molar-refractivity contribution >= 4 is 17.2 Å². The third-order valence-electron chi connectivity index (χ3n) is 5.26. The first-order valence-electron chi connectivity index (χ1n) is 8.76. The number of thiophene rings is 1. The van der Waals surface area contributed by atoms with Crippen LogP contribution in [0.3, 0.4) is 0 Å². The standard InChI is InChI=1S/C19H23N3O2S/c23-18(21-7-5-17-4-2-8-25-17)19-13-22(11-16(19)12-24-14-19)10-15-3-1-6-20-9-15/h1-4,6,8-9,16H,5,7,10-14H2,(H,21,23)/t16-,19-/m1/s1. The molecule has 6 heteroatoms. The van der Waals surface area contributed by atoms with Crippen molar-refractivity contribution in [3.8, 4) is 0 Å². The molecule has 2 aromatic heterocycles. The predicted molar refractivity (Wildman–Crippen MR) is 97.3 cm³/mol. The average Bonchev–Trinajstić information content (AvgIpc) is 3.32. The van der Waals surface area contributed by atoms with Crippen LogP contribution in [0.15, 0.2) is 42.0 Å². The van der Waals surface area contributed by atoms with Crippen LogP contribution in [-0.2, 0) is 22.5 Å². The Morgan fingerprint density at radius 3 is 3.20 bits per heavy atom. The van der Waals surface area contributed by atoms with E-state index in [0.29, 0.717) is 19.8 Å². The Morgan fingerprint density at radius 2 is 2.40 bits per heavy atom. The summed E-state index contributed by atoms with van der Waals surface area (Å²) in [5.74, 6) is 0.436. The van der Waals surface area contributed by atoms with Crippen LogP contribution in [0.1, 0.15) is 10.4 Å². The van der Waals surface area contributed by atoms with E-state index in [4.69, 9.17) is 4.74 Å². The maximum absolute atomic E-state index is 12.9. The molecule has 4 rings (SSSR count). The molecular formula is C19H23N3O2S. The number of nitrogens with one attached hydrogen (secondary N) is 1. The van der Waals surface area contributed by atoms with E-state index in [2.05, 4.69) is 38.8 Å². The summed E-state index contributed by atoms with van der Waals surface area (Å²) in [7, 11) is 0. The number of likely N-dealkylation sites (tertiary alicyclic amines) is 1. The second kappa shape index (κ2) is 7.23. The Hall–Kier alpha value is -1.76. The number of nitrogens with zero attached hydrogens (tertiary/aromatic N) is 2. The number of pyridine rings is 1. The van der Waals surface area contributed by atoms with Crippen LogP contribution in [-0.4, -0.2) is 48.6 Å². The third-order valence-corrected chi connectivity index (χ3v) is 6.20. The molecule has 0 saturated carbocycles. The third kappa shape index (κ3) is 3.47. The average molecular weight is 357 g/mol. The molecule has 1 amide bonds. The number of rotatable bonds is 6. The highest BCUT2D eigenvalue weighted by molar-refractivity contribution is 7.09. The van der Waals surface area contributed by atoms with Gasteiger partial charge in [-0.05, 0) is 29.5 Å². The molecule has 0 aromatic carbocycles. The Labute approximate surface area is 152 Å². The zero-order valence-electron chi connectivity index (χ0n) is 14.2. The van der Waals surface area contributed by atoms with E-state index in [1.54, 1.807) is 17.5 Å². The van der Waals surface area contributed by atoms with Gasteiger partial charge in [0, 0.05) is 49.4 Å². The molecule has 2 aromatic rings. The van der Waals surface area contributed by atoms with Gasteiger partial charge in [-0.3, -0.25) is 14.7 Å². The molecule has 0 bridgehead atoms. The summed E-state index contributed by atoms with van der Waals surface area (Å²) in [5, 5.41) is 5.23. The van der Waals surface area contributed by atoms with Crippen molar-refractivity contribution in [1.29, 1.82) is 0 Å². The van der Waals surface area contributed by atoms with Gasteiger partial charge in [-0.1, -0.05) is 12.1 Å². The normalized spacial score (nSPS) is 25.8. The molecule has 0 aliphatic carbocycles. The number of hydrogen-bond acceptors (Lipinski definition) is 5. The highest BCUT2D eigenvalue weighted by atomic mass is 32.1. The first kappa shape index (κ1) is 16.7. The van der Waals surface area contributed by atoms with Crippen molar-refractivity contribution in [1.82, 2.24) is 15.2 Å². The fourth-order valence-electron chi connectivity index (χ4n) is 3.96. The van der Waals surface area contributed by atoms with Crippen LogP contribution in [0.2, 0.25) is 0 Å². The minimum atomic E-state index is -0.391. The van der Waals surface area contributed by atoms with Gasteiger partial charge in [0.25, 0.3) is 0 Å². The Bertz CT molecular complexity index is 707. The topological polar surface area (TPSA) is 54.5 Å². The number of ether oxygens (including phenoxy) is 1. The van der Waals surface area contributed by atoms with Crippen LogP contribution in [0.5, 0.6) is 0 Å². The quantitative estimate of drug-likeness (QED) is 0.859. The van der Waals surface area contributed by atoms with Gasteiger partial charge in [-0.2, -0.15) is 0 Å². The summed E-state index contributed by atoms with van der Waals surface area (Å²) in [6.07, 6.45) is 4.58. The van der Waals surface area contributed by atoms with Crippen LogP contribution in [0.4, 0.5) is 0 Å². The van der Waals surface area contributed by atoms with Crippen molar-refractivity contribution in [2.45, 2.75) is 13.0 Å². The minimum Gasteiger partial charge on any atom is -0.380 e. The molecule has 0 unspecified atom stereocenters. The first-order valence-corrected chi connectivity index (χ1v) is 9.64. The van der Waals surface area contributed by atoms with E-state index in [0.717, 1.165) is 26.1 Å². The smallest absolute Gasteiger partial charge is 0.230 e. The number of carbonyl (C=O) groups excluding carboxylic acids is 1. The molecule has 1 N–H and O–H groups in total. The van der Waals surface area contributed by atoms with Crippen molar-refractivity contribution in [2.75, 3.05) is 32.8 Å². The van der Waals surface area contributed by atoms with E-state index in [1.165, 1.54) is 10.4 Å². The molecule has 0 spiro atoms. The molecule has 2 fully saturated rings. The van der Waals surface area contributed by atoms with Crippen LogP contribution in [0, 0.1) is 11.3 Å². The zero-order valence-corrected chi connectivity index (χ0v) is 15.0. The van der Waals surface area contributed by atoms with Crippen molar-refractivity contribution in [3.63, 3.8) is 0 Å². The van der Waals surface area contributed by atoms with Gasteiger partial charge in [0.1, 0.15) is 0 Å². The molecule has 5 nitrogen and oxygen atoms in total. The number of amides is 1. The SMILES string of the molecule is O=C(NCCc1cccs1)[C@]12COC[C@H]1CN(Cc1cccnc1)C2. The maximum Gasteiger partial charge on any atom is 0.230 e. The summed E-state index contributed by atoms with van der Waals surface area (Å²) in [4.78, 5) is 20.8. The molecule has 25 heavy (non-hydrogen) atoms. The van der Waals surface area contributed by atoms with Crippen molar-refractivity contribution < 1.29 is 9.53 Å². The van der Waals surface area contributed by atoms with Gasteiger partial charge in [-0.25, -0.2) is 0 Å². The monoisotopic (exact) mass is 357 g/mol. The lowest BCUT2D eigenvalue weighted by atomic mass is 9.80. The molecule has 0 radical (unpaired) electrons. The van der Waals surface area contributed by atoms with Gasteiger partial charge in [0.2, 0.25) is 5.91 Å². The summed E-state index contributed by atoms with van der Waals surface area (Å²) in [5.41, 5.74) is 0.800. The number of fused-ring (bicyclic) bond motifs is 1. The Balaban J connectivity index is 1.37. The highest BCUT2D eigenvalue weighted by Gasteiger charge is 2.55. The maximum atomic E-state index is 12.9. The van der Waals surface area contributed by atoms with E-state index in [1.807, 2.05) is 12.3 Å². The second-order valence-corrected chi connectivity index (χ2v) is 8.02. The lowest BCUT2D eigenvalue weighted by Gasteiger charge is -2.26. The van der Waals surface area contributed by atoms with E-state index >= 15 is 0 Å². The number of hydrogen-bond donors (Lipinski definition) is 1. The van der Waals surface area contributed by atoms with E-state index in [-0.39, 0.29) is 11.8 Å². The van der Waals surface area contributed by atoms with Crippen LogP contribution >= 0.6 is 11.3 Å². The fourth-order valence-corrected chi connectivity index (χ4v) is 4.67. The lowest BCUT2D eigenvalue weighted by molar-refractivity contribution is -0.131. The van der Waals surface area contributed by atoms with Gasteiger partial charge < -0.3 is 10.1 Å². The molecule has 4 heterocycles. The van der Waals surface area contributed by atoms with Gasteiger partial charge in [0.15, 0.2) is 0 Å². The van der Waals surface area contributed by atoms with E-state index in [9.17, 15) is 4.79 Å². The molecule has 2 atom stereocenters. The summed E-state index contributed by atoms with van der Waals surface area (Å²) < 4.78 is 5.69. The largest absolute Gasteiger partial charge is 0.380 e. The predicted octanol–water partition coefficient (Wildman–Crippen LogP) is 1.95. The summed E-state index contributed by atoms with van der Waals surface area (Å²) in [6.45, 7) is 4.42. The zero-order chi connectivity index (χ0) is 17.1. The fraction of sp³-hybridized carbons (Fsp3) is 0.474. The van der Waals surface area contributed by atoms with Crippen LogP contribution in [0.25, 0.3) is 0 Å². The molecule has 132 valence electrons. The number of carbonyl (C=O) groups is 1. The second-order valence-electron chi connectivity index (χ2n) is 6.98. The molecular weight excluding hydrogens is 334 g/mol. The van der Waals surface area contributed by atoms with Gasteiger partial charge >= 0.3 is 0 Å². The molecule has 2 saturated heterocycles. The molecule has 2 aliphatic heterocycles. The van der Waals surface area contributed by atoms with Gasteiger partial charge in [-0.15, -0.1) is 11.3 Å².